The average molecular weight is 535 g/mol. The lowest BCUT2D eigenvalue weighted by molar-refractivity contribution is -0.150. The van der Waals surface area contributed by atoms with E-state index in [1.807, 2.05) is 4.90 Å². The third-order valence-electron chi connectivity index (χ3n) is 6.44. The van der Waals surface area contributed by atoms with Crippen LogP contribution in [-0.4, -0.2) is 102 Å². The normalized spacial score (nSPS) is 27.5. The first kappa shape index (κ1) is 24.2. The van der Waals surface area contributed by atoms with Crippen molar-refractivity contribution in [3.05, 3.63) is 28.7 Å². The van der Waals surface area contributed by atoms with Crippen LogP contribution in [-0.2, 0) is 19.2 Å². The van der Waals surface area contributed by atoms with Gasteiger partial charge in [-0.3, -0.25) is 19.3 Å². The first-order valence-corrected chi connectivity index (χ1v) is 12.9. The third kappa shape index (κ3) is 4.10. The predicted molar refractivity (Wildman–Crippen MR) is 128 cm³/mol. The van der Waals surface area contributed by atoms with Crippen LogP contribution in [0.1, 0.15) is 18.7 Å². The maximum absolute atomic E-state index is 12.9. The number of carboxylic acids is 1. The molecule has 3 unspecified atom stereocenters. The number of nitrogens with two attached hydrogens (primary N) is 1. The van der Waals surface area contributed by atoms with Crippen LogP contribution in [0.5, 0.6) is 0 Å². The summed E-state index contributed by atoms with van der Waals surface area (Å²) in [6.07, 6.45) is 2.97. The van der Waals surface area contributed by atoms with E-state index in [0.717, 1.165) is 35.9 Å². The smallest absolute Gasteiger partial charge is 0.352 e. The molecule has 4 aliphatic rings. The number of nitrogens with one attached hydrogen (secondary N) is 2. The quantitative estimate of drug-likeness (QED) is 0.0939. The fourth-order valence-corrected chi connectivity index (χ4v) is 6.46. The summed E-state index contributed by atoms with van der Waals surface area (Å²) in [5, 5.41) is 27.1. The maximum atomic E-state index is 12.9. The van der Waals surface area contributed by atoms with Gasteiger partial charge < -0.3 is 31.6 Å². The number of carbonyl (C=O) groups excluding carboxylic acids is 3. The van der Waals surface area contributed by atoms with E-state index in [-0.39, 0.29) is 34.4 Å². The van der Waals surface area contributed by atoms with Gasteiger partial charge in [0, 0.05) is 42.0 Å². The average Bonchev–Trinajstić information content (AvgIpc) is 3.60. The highest BCUT2D eigenvalue weighted by Crippen LogP contribution is 2.41. The summed E-state index contributed by atoms with van der Waals surface area (Å²) in [7, 11) is 0. The van der Waals surface area contributed by atoms with Crippen molar-refractivity contribution in [2.75, 3.05) is 31.1 Å². The molecule has 1 aromatic heterocycles. The monoisotopic (exact) mass is 534 g/mol. The molecule has 3 saturated heterocycles. The van der Waals surface area contributed by atoms with Gasteiger partial charge in [0.1, 0.15) is 17.1 Å². The first-order valence-electron chi connectivity index (χ1n) is 11.1. The summed E-state index contributed by atoms with van der Waals surface area (Å²) in [5.74, 6) is -2.90. The van der Waals surface area contributed by atoms with E-state index in [0.29, 0.717) is 24.1 Å². The van der Waals surface area contributed by atoms with Gasteiger partial charge in [-0.25, -0.2) is 4.79 Å². The molecule has 4 aliphatic heterocycles. The largest absolute Gasteiger partial charge is 0.477 e. The minimum absolute atomic E-state index is 0.0642. The molecule has 6 N–H and O–H groups in total. The second-order valence-corrected chi connectivity index (χ2v) is 10.4. The molecule has 1 aromatic rings. The van der Waals surface area contributed by atoms with E-state index in [1.165, 1.54) is 11.8 Å². The molecule has 36 heavy (non-hydrogen) atoms. The Labute approximate surface area is 212 Å². The van der Waals surface area contributed by atoms with Crippen molar-refractivity contribution in [2.45, 2.75) is 30.3 Å². The van der Waals surface area contributed by atoms with Crippen molar-refractivity contribution in [3.63, 3.8) is 0 Å². The van der Waals surface area contributed by atoms with Crippen LogP contribution in [0.4, 0.5) is 5.13 Å². The number of thioether (sulfide) groups is 1. The van der Waals surface area contributed by atoms with Crippen LogP contribution < -0.4 is 16.4 Å². The molecule has 3 atom stereocenters. The molecule has 190 valence electrons. The molecule has 3 fully saturated rings. The molecule has 3 amide bonds. The molecule has 16 heteroatoms. The number of nitrogen functional groups attached to an aromatic ring is 1. The molecule has 0 spiro atoms. The molecule has 0 saturated carbocycles. The second-order valence-electron chi connectivity index (χ2n) is 8.51. The summed E-state index contributed by atoms with van der Waals surface area (Å²) in [4.78, 5) is 57.3. The maximum Gasteiger partial charge on any atom is 0.352 e. The van der Waals surface area contributed by atoms with Crippen LogP contribution in [0, 0.1) is 0 Å². The molecule has 0 radical (unpaired) electrons. The van der Waals surface area contributed by atoms with Crippen LogP contribution in [0.15, 0.2) is 28.1 Å². The standard InChI is InChI=1S/C20H22N8O6S2/c21-20-24-14(26-36-20)11(25-34)15(29)23-12-17(31)28-13(19(32)33)9(7-35-18(12)28)5-8-2-4-27(16(8)30)10-1-3-22-6-10/h5,10,12,18,22,34H,1-4,6-7H2,(H,23,29)(H,32,33)(H2,21,24,26). The van der Waals surface area contributed by atoms with Gasteiger partial charge in [-0.15, -0.1) is 11.8 Å². The highest BCUT2D eigenvalue weighted by atomic mass is 32.2. The predicted octanol–water partition coefficient (Wildman–Crippen LogP) is -1.44. The summed E-state index contributed by atoms with van der Waals surface area (Å²) < 4.78 is 3.82. The summed E-state index contributed by atoms with van der Waals surface area (Å²) in [6, 6.07) is -0.914. The number of anilines is 1. The van der Waals surface area contributed by atoms with E-state index < -0.39 is 34.9 Å². The van der Waals surface area contributed by atoms with Gasteiger partial charge in [-0.2, -0.15) is 9.36 Å². The van der Waals surface area contributed by atoms with Crippen molar-refractivity contribution >= 4 is 57.8 Å². The zero-order valence-electron chi connectivity index (χ0n) is 18.7. The number of carbonyl (C=O) groups is 4. The number of allylic oxidation sites excluding steroid dienone is 1. The van der Waals surface area contributed by atoms with Crippen molar-refractivity contribution in [3.8, 4) is 0 Å². The van der Waals surface area contributed by atoms with Crippen molar-refractivity contribution in [2.24, 2.45) is 5.16 Å². The minimum Gasteiger partial charge on any atom is -0.477 e. The number of β-lactam (4-membered cyclic amide) rings is 1. The number of nitrogens with zero attached hydrogens (tertiary/aromatic N) is 5. The van der Waals surface area contributed by atoms with Gasteiger partial charge in [0.25, 0.3) is 11.8 Å². The second kappa shape index (κ2) is 9.51. The lowest BCUT2D eigenvalue weighted by Crippen LogP contribution is -2.71. The number of likely N-dealkylation sites (tertiary alicyclic amines) is 1. The Kier molecular flexibility index (Phi) is 6.40. The first-order chi connectivity index (χ1) is 17.3. The Morgan fingerprint density at radius 3 is 2.78 bits per heavy atom. The third-order valence-corrected chi connectivity index (χ3v) is 8.28. The minimum atomic E-state index is -1.30. The molecular weight excluding hydrogens is 512 g/mol. The van der Waals surface area contributed by atoms with Gasteiger partial charge in [-0.1, -0.05) is 5.16 Å². The zero-order chi connectivity index (χ0) is 25.6. The van der Waals surface area contributed by atoms with E-state index in [9.17, 15) is 29.5 Å². The number of amides is 3. The molecule has 5 heterocycles. The lowest BCUT2D eigenvalue weighted by Gasteiger charge is -2.49. The number of hydrogen-bond acceptors (Lipinski definition) is 12. The Morgan fingerprint density at radius 1 is 1.33 bits per heavy atom. The van der Waals surface area contributed by atoms with Crippen LogP contribution in [0.25, 0.3) is 0 Å². The molecule has 5 rings (SSSR count). The summed E-state index contributed by atoms with van der Waals surface area (Å²) in [6.45, 7) is 2.17. The molecule has 0 aromatic carbocycles. The topological polar surface area (TPSA) is 203 Å². The van der Waals surface area contributed by atoms with Crippen molar-refractivity contribution in [1.82, 2.24) is 29.8 Å². The SMILES string of the molecule is Nc1nc(C(=NO)C(=O)NC2C(=O)N3C(C(=O)O)=C(C=C4CCN(C5CCNC5)C4=O)CSC23)ns1. The highest BCUT2D eigenvalue weighted by Gasteiger charge is 2.54. The van der Waals surface area contributed by atoms with Crippen molar-refractivity contribution < 1.29 is 29.5 Å². The number of aliphatic carboxylic acids is 1. The fraction of sp³-hybridized carbons (Fsp3) is 0.450. The number of aromatic nitrogens is 2. The zero-order valence-corrected chi connectivity index (χ0v) is 20.3. The van der Waals surface area contributed by atoms with E-state index in [4.69, 9.17) is 5.73 Å². The number of oxime groups is 1. The fourth-order valence-electron chi connectivity index (χ4n) is 4.72. The number of fused-ring (bicyclic) bond motifs is 1. The molecule has 14 nitrogen and oxygen atoms in total. The van der Waals surface area contributed by atoms with Gasteiger partial charge in [0.05, 0.1) is 0 Å². The van der Waals surface area contributed by atoms with Crippen LogP contribution in [0.2, 0.25) is 0 Å². The van der Waals surface area contributed by atoms with E-state index >= 15 is 0 Å². The molecule has 0 bridgehead atoms. The Bertz CT molecular complexity index is 1240. The number of carboxylic acid groups (broad SMARTS) is 1. The van der Waals surface area contributed by atoms with Crippen LogP contribution >= 0.6 is 23.3 Å². The van der Waals surface area contributed by atoms with Crippen LogP contribution in [0.3, 0.4) is 0 Å². The Hall–Kier alpha value is -3.50. The Balaban J connectivity index is 1.33. The lowest BCUT2D eigenvalue weighted by atomic mass is 10.0. The van der Waals surface area contributed by atoms with E-state index in [2.05, 4.69) is 25.1 Å². The van der Waals surface area contributed by atoms with Gasteiger partial charge >= 0.3 is 5.97 Å². The summed E-state index contributed by atoms with van der Waals surface area (Å²) >= 11 is 2.07. The van der Waals surface area contributed by atoms with Gasteiger partial charge in [-0.05, 0) is 31.0 Å². The number of rotatable bonds is 6. The highest BCUT2D eigenvalue weighted by molar-refractivity contribution is 8.00. The summed E-state index contributed by atoms with van der Waals surface area (Å²) in [5.41, 5.74) is 5.67. The Morgan fingerprint density at radius 2 is 2.14 bits per heavy atom. The molecular formula is C20H22N8O6S2. The molecule has 0 aliphatic carbocycles. The van der Waals surface area contributed by atoms with E-state index in [1.54, 1.807) is 6.08 Å². The number of hydrogen-bond donors (Lipinski definition) is 5. The van der Waals surface area contributed by atoms with Gasteiger partial charge in [0.2, 0.25) is 17.4 Å². The van der Waals surface area contributed by atoms with Gasteiger partial charge in [0.15, 0.2) is 5.13 Å². The van der Waals surface area contributed by atoms with Crippen molar-refractivity contribution in [1.29, 1.82) is 0 Å².